The van der Waals surface area contributed by atoms with Crippen molar-refractivity contribution in [3.63, 3.8) is 0 Å². The van der Waals surface area contributed by atoms with Crippen LogP contribution in [0.1, 0.15) is 5.56 Å². The van der Waals surface area contributed by atoms with Crippen LogP contribution < -0.4 is 10.1 Å². The maximum absolute atomic E-state index is 13.2. The zero-order valence-electron chi connectivity index (χ0n) is 10.4. The van der Waals surface area contributed by atoms with Crippen LogP contribution in [0.25, 0.3) is 0 Å². The van der Waals surface area contributed by atoms with E-state index in [-0.39, 0.29) is 18.3 Å². The van der Waals surface area contributed by atoms with Gasteiger partial charge in [0, 0.05) is 18.9 Å². The topological polar surface area (TPSA) is 54.1 Å². The van der Waals surface area contributed by atoms with Gasteiger partial charge in [0.25, 0.3) is 5.91 Å². The van der Waals surface area contributed by atoms with Gasteiger partial charge in [-0.1, -0.05) is 12.1 Å². The van der Waals surface area contributed by atoms with E-state index in [1.54, 1.807) is 12.1 Å². The lowest BCUT2D eigenvalue weighted by atomic mass is 10.2. The maximum atomic E-state index is 13.2. The third-order valence-electron chi connectivity index (χ3n) is 2.59. The average Bonchev–Trinajstić information content (AvgIpc) is 2.91. The number of hydrogen-bond acceptors (Lipinski definition) is 2. The molecule has 4 nitrogen and oxygen atoms in total. The van der Waals surface area contributed by atoms with Gasteiger partial charge >= 0.3 is 0 Å². The molecule has 0 aliphatic heterocycles. The molecule has 0 bridgehead atoms. The van der Waals surface area contributed by atoms with E-state index in [4.69, 9.17) is 4.74 Å². The molecule has 1 aromatic carbocycles. The molecule has 2 aromatic rings. The van der Waals surface area contributed by atoms with Gasteiger partial charge in [0.1, 0.15) is 0 Å². The first-order valence-corrected chi connectivity index (χ1v) is 6.01. The molecule has 5 heteroatoms. The molecule has 0 saturated heterocycles. The molecular weight excluding hydrogens is 247 g/mol. The predicted molar refractivity (Wildman–Crippen MR) is 69.4 cm³/mol. The summed E-state index contributed by atoms with van der Waals surface area (Å²) in [7, 11) is 0. The van der Waals surface area contributed by atoms with Gasteiger partial charge in [-0.15, -0.1) is 0 Å². The number of nitrogens with one attached hydrogen (secondary N) is 2. The molecule has 0 saturated carbocycles. The normalized spacial score (nSPS) is 10.2. The highest BCUT2D eigenvalue weighted by Crippen LogP contribution is 2.14. The largest absolute Gasteiger partial charge is 0.481 e. The number of ether oxygens (including phenoxy) is 1. The van der Waals surface area contributed by atoms with Crippen LogP contribution >= 0.6 is 0 Å². The lowest BCUT2D eigenvalue weighted by Gasteiger charge is -2.07. The third kappa shape index (κ3) is 4.13. The predicted octanol–water partition coefficient (Wildman–Crippen LogP) is 1.89. The van der Waals surface area contributed by atoms with Crippen LogP contribution in [0.2, 0.25) is 0 Å². The summed E-state index contributed by atoms with van der Waals surface area (Å²) in [6.45, 7) is 0.339. The molecular formula is C14H15FN2O2. The van der Waals surface area contributed by atoms with Crippen molar-refractivity contribution in [2.45, 2.75) is 6.42 Å². The summed E-state index contributed by atoms with van der Waals surface area (Å²) in [6, 6.07) is 7.95. The Kier molecular flexibility index (Phi) is 4.55. The molecule has 2 rings (SSSR count). The zero-order chi connectivity index (χ0) is 13.5. The number of benzene rings is 1. The summed E-state index contributed by atoms with van der Waals surface area (Å²) >= 11 is 0. The first-order chi connectivity index (χ1) is 9.25. The molecule has 0 radical (unpaired) electrons. The van der Waals surface area contributed by atoms with Gasteiger partial charge in [-0.3, -0.25) is 4.79 Å². The van der Waals surface area contributed by atoms with Crippen LogP contribution in [0.4, 0.5) is 4.39 Å². The molecule has 2 N–H and O–H groups in total. The molecule has 1 aromatic heterocycles. The van der Waals surface area contributed by atoms with E-state index in [1.165, 1.54) is 12.1 Å². The molecule has 0 spiro atoms. The number of halogens is 1. The fraction of sp³-hybridized carbons (Fsp3) is 0.214. The standard InChI is InChI=1S/C14H15FN2O2/c15-12-3-1-2-4-13(12)19-10-14(18)17-8-6-11-5-7-16-9-11/h1-5,7,9,16H,6,8,10H2,(H,17,18). The Balaban J connectivity index is 1.69. The second kappa shape index (κ2) is 6.58. The fourth-order valence-corrected chi connectivity index (χ4v) is 1.62. The smallest absolute Gasteiger partial charge is 0.257 e. The van der Waals surface area contributed by atoms with Crippen LogP contribution in [0.5, 0.6) is 5.75 Å². The number of aromatic amines is 1. The zero-order valence-corrected chi connectivity index (χ0v) is 10.4. The molecule has 0 atom stereocenters. The summed E-state index contributed by atoms with van der Waals surface area (Å²) in [4.78, 5) is 14.4. The van der Waals surface area contributed by atoms with Crippen molar-refractivity contribution in [1.29, 1.82) is 0 Å². The molecule has 1 amide bonds. The molecule has 0 aliphatic carbocycles. The van der Waals surface area contributed by atoms with Gasteiger partial charge in [-0.05, 0) is 30.2 Å². The molecule has 100 valence electrons. The van der Waals surface area contributed by atoms with Crippen LogP contribution in [-0.4, -0.2) is 24.0 Å². The van der Waals surface area contributed by atoms with E-state index in [2.05, 4.69) is 10.3 Å². The minimum absolute atomic E-state index is 0.0864. The van der Waals surface area contributed by atoms with Crippen molar-refractivity contribution in [3.8, 4) is 5.75 Å². The summed E-state index contributed by atoms with van der Waals surface area (Å²) < 4.78 is 18.3. The SMILES string of the molecule is O=C(COc1ccccc1F)NCCc1cc[nH]c1. The Morgan fingerprint density at radius 1 is 1.32 bits per heavy atom. The summed E-state index contributed by atoms with van der Waals surface area (Å²) in [5.41, 5.74) is 1.12. The Morgan fingerprint density at radius 3 is 2.89 bits per heavy atom. The fourth-order valence-electron chi connectivity index (χ4n) is 1.62. The lowest BCUT2D eigenvalue weighted by Crippen LogP contribution is -2.30. The number of para-hydroxylation sites is 1. The second-order valence-corrected chi connectivity index (χ2v) is 4.04. The highest BCUT2D eigenvalue weighted by molar-refractivity contribution is 5.77. The highest BCUT2D eigenvalue weighted by Gasteiger charge is 2.05. The summed E-state index contributed by atoms with van der Waals surface area (Å²) in [6.07, 6.45) is 4.45. The molecule has 0 fully saturated rings. The van der Waals surface area contributed by atoms with Gasteiger partial charge in [0.15, 0.2) is 18.2 Å². The van der Waals surface area contributed by atoms with E-state index < -0.39 is 5.82 Å². The van der Waals surface area contributed by atoms with Crippen LogP contribution in [0.3, 0.4) is 0 Å². The number of aromatic nitrogens is 1. The minimum atomic E-state index is -0.470. The summed E-state index contributed by atoms with van der Waals surface area (Å²) in [5, 5.41) is 2.71. The molecule has 0 unspecified atom stereocenters. The Bertz CT molecular complexity index is 526. The van der Waals surface area contributed by atoms with Crippen molar-refractivity contribution in [3.05, 3.63) is 54.1 Å². The minimum Gasteiger partial charge on any atom is -0.481 e. The molecule has 0 aliphatic rings. The van der Waals surface area contributed by atoms with Crippen molar-refractivity contribution < 1.29 is 13.9 Å². The Labute approximate surface area is 110 Å². The number of rotatable bonds is 6. The number of hydrogen-bond donors (Lipinski definition) is 2. The van der Waals surface area contributed by atoms with Crippen molar-refractivity contribution in [1.82, 2.24) is 10.3 Å². The van der Waals surface area contributed by atoms with Crippen molar-refractivity contribution in [2.75, 3.05) is 13.2 Å². The van der Waals surface area contributed by atoms with Gasteiger partial charge < -0.3 is 15.0 Å². The van der Waals surface area contributed by atoms with Crippen molar-refractivity contribution >= 4 is 5.91 Å². The quantitative estimate of drug-likeness (QED) is 0.835. The Hall–Kier alpha value is -2.30. The average molecular weight is 262 g/mol. The van der Waals surface area contributed by atoms with Gasteiger partial charge in [0.05, 0.1) is 0 Å². The molecule has 19 heavy (non-hydrogen) atoms. The second-order valence-electron chi connectivity index (χ2n) is 4.04. The van der Waals surface area contributed by atoms with Gasteiger partial charge in [-0.2, -0.15) is 0 Å². The van der Waals surface area contributed by atoms with Gasteiger partial charge in [0.2, 0.25) is 0 Å². The van der Waals surface area contributed by atoms with Crippen molar-refractivity contribution in [2.24, 2.45) is 0 Å². The first kappa shape index (κ1) is 13.1. The number of carbonyl (C=O) groups excluding carboxylic acids is 1. The van der Waals surface area contributed by atoms with Crippen LogP contribution in [-0.2, 0) is 11.2 Å². The number of H-pyrrole nitrogens is 1. The van der Waals surface area contributed by atoms with Gasteiger partial charge in [-0.25, -0.2) is 4.39 Å². The monoisotopic (exact) mass is 262 g/mol. The maximum Gasteiger partial charge on any atom is 0.257 e. The summed E-state index contributed by atoms with van der Waals surface area (Å²) in [5.74, 6) is -0.648. The van der Waals surface area contributed by atoms with E-state index in [0.717, 1.165) is 12.0 Å². The first-order valence-electron chi connectivity index (χ1n) is 6.01. The van der Waals surface area contributed by atoms with E-state index in [0.29, 0.717) is 6.54 Å². The molecule has 1 heterocycles. The van der Waals surface area contributed by atoms with Crippen LogP contribution in [0.15, 0.2) is 42.7 Å². The van der Waals surface area contributed by atoms with E-state index in [1.807, 2.05) is 18.5 Å². The number of amides is 1. The highest BCUT2D eigenvalue weighted by atomic mass is 19.1. The lowest BCUT2D eigenvalue weighted by molar-refractivity contribution is -0.123. The third-order valence-corrected chi connectivity index (χ3v) is 2.59. The number of carbonyl (C=O) groups is 1. The van der Waals surface area contributed by atoms with Crippen LogP contribution in [0, 0.1) is 5.82 Å². The Morgan fingerprint density at radius 2 is 2.16 bits per heavy atom. The van der Waals surface area contributed by atoms with E-state index in [9.17, 15) is 9.18 Å². The van der Waals surface area contributed by atoms with E-state index >= 15 is 0 Å².